The van der Waals surface area contributed by atoms with E-state index >= 15 is 0 Å². The van der Waals surface area contributed by atoms with Crippen molar-refractivity contribution in [2.45, 2.75) is 40.0 Å². The SMILES string of the molecule is CCCC/C=C/c1cnc2ccc(NCCN(CC)CC)nn12. The van der Waals surface area contributed by atoms with E-state index in [1.807, 2.05) is 22.8 Å². The van der Waals surface area contributed by atoms with Gasteiger partial charge in [0.1, 0.15) is 5.82 Å². The summed E-state index contributed by atoms with van der Waals surface area (Å²) in [5, 5.41) is 8.06. The number of fused-ring (bicyclic) bond motifs is 1. The fraction of sp³-hybridized carbons (Fsp3) is 0.556. The Morgan fingerprint density at radius 3 is 2.78 bits per heavy atom. The zero-order valence-corrected chi connectivity index (χ0v) is 14.6. The van der Waals surface area contributed by atoms with Crippen molar-refractivity contribution in [3.05, 3.63) is 30.1 Å². The molecule has 0 aromatic carbocycles. The monoisotopic (exact) mass is 315 g/mol. The highest BCUT2D eigenvalue weighted by Crippen LogP contribution is 2.11. The number of anilines is 1. The lowest BCUT2D eigenvalue weighted by atomic mass is 10.2. The summed E-state index contributed by atoms with van der Waals surface area (Å²) < 4.78 is 1.90. The van der Waals surface area contributed by atoms with Crippen LogP contribution in [0.2, 0.25) is 0 Å². The summed E-state index contributed by atoms with van der Waals surface area (Å²) in [6.07, 6.45) is 9.74. The van der Waals surface area contributed by atoms with Gasteiger partial charge in [-0.2, -0.15) is 0 Å². The van der Waals surface area contributed by atoms with Crippen LogP contribution in [0, 0.1) is 0 Å². The van der Waals surface area contributed by atoms with Gasteiger partial charge in [-0.05, 0) is 37.7 Å². The fourth-order valence-corrected chi connectivity index (χ4v) is 2.51. The molecule has 0 amide bonds. The lowest BCUT2D eigenvalue weighted by Crippen LogP contribution is -2.28. The highest BCUT2D eigenvalue weighted by atomic mass is 15.3. The first-order chi connectivity index (χ1) is 11.3. The third-order valence-electron chi connectivity index (χ3n) is 4.03. The maximum absolute atomic E-state index is 4.66. The first-order valence-corrected chi connectivity index (χ1v) is 8.76. The molecule has 126 valence electrons. The summed E-state index contributed by atoms with van der Waals surface area (Å²) in [6.45, 7) is 10.7. The molecule has 0 aliphatic carbocycles. The summed E-state index contributed by atoms with van der Waals surface area (Å²) in [5.41, 5.74) is 1.91. The number of unbranched alkanes of at least 4 members (excludes halogenated alkanes) is 2. The Morgan fingerprint density at radius 2 is 2.04 bits per heavy atom. The first kappa shape index (κ1) is 17.5. The van der Waals surface area contributed by atoms with E-state index in [0.29, 0.717) is 0 Å². The van der Waals surface area contributed by atoms with Crippen molar-refractivity contribution in [1.82, 2.24) is 19.5 Å². The Hall–Kier alpha value is -1.88. The number of aromatic nitrogens is 3. The Balaban J connectivity index is 2.01. The van der Waals surface area contributed by atoms with Gasteiger partial charge in [0.15, 0.2) is 5.65 Å². The van der Waals surface area contributed by atoms with Crippen LogP contribution in [0.1, 0.15) is 45.7 Å². The van der Waals surface area contributed by atoms with Crippen molar-refractivity contribution >= 4 is 17.5 Å². The number of nitrogens with one attached hydrogen (secondary N) is 1. The lowest BCUT2D eigenvalue weighted by Gasteiger charge is -2.18. The van der Waals surface area contributed by atoms with Crippen LogP contribution in [0.25, 0.3) is 11.7 Å². The minimum Gasteiger partial charge on any atom is -0.367 e. The standard InChI is InChI=1S/C18H29N5/c1-4-7-8-9-10-16-15-20-18-12-11-17(21-23(16)18)19-13-14-22(5-2)6-3/h9-12,15H,4-8,13-14H2,1-3H3,(H,19,21)/b10-9+. The molecule has 0 bridgehead atoms. The summed E-state index contributed by atoms with van der Waals surface area (Å²) in [6, 6.07) is 4.01. The van der Waals surface area contributed by atoms with Gasteiger partial charge in [0, 0.05) is 13.1 Å². The van der Waals surface area contributed by atoms with E-state index in [4.69, 9.17) is 0 Å². The van der Waals surface area contributed by atoms with Gasteiger partial charge in [-0.1, -0.05) is 39.7 Å². The van der Waals surface area contributed by atoms with Gasteiger partial charge in [-0.15, -0.1) is 5.10 Å². The average Bonchev–Trinajstić information content (AvgIpc) is 2.98. The van der Waals surface area contributed by atoms with Crippen LogP contribution in [0.5, 0.6) is 0 Å². The second-order valence-electron chi connectivity index (χ2n) is 5.67. The molecule has 2 rings (SSSR count). The van der Waals surface area contributed by atoms with Gasteiger partial charge in [0.2, 0.25) is 0 Å². The van der Waals surface area contributed by atoms with Crippen molar-refractivity contribution in [2.75, 3.05) is 31.5 Å². The highest BCUT2D eigenvalue weighted by molar-refractivity contribution is 5.53. The molecule has 0 aliphatic rings. The largest absolute Gasteiger partial charge is 0.367 e. The minimum absolute atomic E-state index is 0.884. The zero-order valence-electron chi connectivity index (χ0n) is 14.6. The first-order valence-electron chi connectivity index (χ1n) is 8.76. The molecule has 2 aromatic rings. The summed E-state index contributed by atoms with van der Waals surface area (Å²) in [7, 11) is 0. The Morgan fingerprint density at radius 1 is 1.22 bits per heavy atom. The molecule has 0 saturated heterocycles. The number of hydrogen-bond donors (Lipinski definition) is 1. The molecule has 0 unspecified atom stereocenters. The predicted molar refractivity (Wildman–Crippen MR) is 97.8 cm³/mol. The van der Waals surface area contributed by atoms with Gasteiger partial charge < -0.3 is 10.2 Å². The van der Waals surface area contributed by atoms with Crippen molar-refractivity contribution in [1.29, 1.82) is 0 Å². The quantitative estimate of drug-likeness (QED) is 0.679. The van der Waals surface area contributed by atoms with Gasteiger partial charge in [-0.3, -0.25) is 0 Å². The summed E-state index contributed by atoms with van der Waals surface area (Å²) >= 11 is 0. The van der Waals surface area contributed by atoms with Gasteiger partial charge in [-0.25, -0.2) is 9.50 Å². The minimum atomic E-state index is 0.884. The molecular weight excluding hydrogens is 286 g/mol. The van der Waals surface area contributed by atoms with Crippen molar-refractivity contribution in [3.63, 3.8) is 0 Å². The Bertz CT molecular complexity index is 613. The summed E-state index contributed by atoms with van der Waals surface area (Å²) in [5.74, 6) is 0.894. The van der Waals surface area contributed by atoms with Crippen molar-refractivity contribution in [3.8, 4) is 0 Å². The Labute approximate surface area is 139 Å². The molecule has 0 fully saturated rings. The molecule has 2 heterocycles. The van der Waals surface area contributed by atoms with Crippen LogP contribution in [-0.4, -0.2) is 45.7 Å². The molecule has 1 N–H and O–H groups in total. The zero-order chi connectivity index (χ0) is 16.5. The van der Waals surface area contributed by atoms with Gasteiger partial charge in [0.25, 0.3) is 0 Å². The van der Waals surface area contributed by atoms with Crippen LogP contribution >= 0.6 is 0 Å². The maximum atomic E-state index is 4.66. The molecule has 0 atom stereocenters. The van der Waals surface area contributed by atoms with E-state index in [9.17, 15) is 0 Å². The van der Waals surface area contributed by atoms with E-state index in [1.165, 1.54) is 12.8 Å². The Kier molecular flexibility index (Phi) is 7.07. The molecule has 5 nitrogen and oxygen atoms in total. The fourth-order valence-electron chi connectivity index (χ4n) is 2.51. The second kappa shape index (κ2) is 9.30. The molecule has 23 heavy (non-hydrogen) atoms. The van der Waals surface area contributed by atoms with Crippen molar-refractivity contribution < 1.29 is 0 Å². The third-order valence-corrected chi connectivity index (χ3v) is 4.03. The summed E-state index contributed by atoms with van der Waals surface area (Å²) in [4.78, 5) is 6.80. The van der Waals surface area contributed by atoms with E-state index < -0.39 is 0 Å². The normalized spacial score (nSPS) is 11.8. The van der Waals surface area contributed by atoms with Crippen LogP contribution < -0.4 is 5.32 Å². The predicted octanol–water partition coefficient (Wildman–Crippen LogP) is 3.69. The van der Waals surface area contributed by atoms with E-state index in [-0.39, 0.29) is 0 Å². The average molecular weight is 315 g/mol. The molecule has 0 radical (unpaired) electrons. The van der Waals surface area contributed by atoms with Crippen LogP contribution in [0.15, 0.2) is 24.4 Å². The van der Waals surface area contributed by atoms with Crippen molar-refractivity contribution in [2.24, 2.45) is 0 Å². The highest BCUT2D eigenvalue weighted by Gasteiger charge is 2.04. The van der Waals surface area contributed by atoms with E-state index in [0.717, 1.165) is 49.8 Å². The molecule has 0 aliphatic heterocycles. The molecule has 0 saturated carbocycles. The van der Waals surface area contributed by atoms with Crippen LogP contribution in [-0.2, 0) is 0 Å². The number of rotatable bonds is 10. The number of allylic oxidation sites excluding steroid dienone is 1. The number of imidazole rings is 1. The van der Waals surface area contributed by atoms with Crippen LogP contribution in [0.4, 0.5) is 5.82 Å². The van der Waals surface area contributed by atoms with Gasteiger partial charge in [0.05, 0.1) is 11.9 Å². The molecule has 0 spiro atoms. The number of likely N-dealkylation sites (N-methyl/N-ethyl adjacent to an activating group) is 1. The van der Waals surface area contributed by atoms with E-state index in [2.05, 4.69) is 53.2 Å². The molecule has 5 heteroatoms. The lowest BCUT2D eigenvalue weighted by molar-refractivity contribution is 0.316. The molecular formula is C18H29N5. The topological polar surface area (TPSA) is 45.5 Å². The number of nitrogens with zero attached hydrogens (tertiary/aromatic N) is 4. The van der Waals surface area contributed by atoms with E-state index in [1.54, 1.807) is 0 Å². The van der Waals surface area contributed by atoms with Gasteiger partial charge >= 0.3 is 0 Å². The maximum Gasteiger partial charge on any atom is 0.154 e. The smallest absolute Gasteiger partial charge is 0.154 e. The number of hydrogen-bond acceptors (Lipinski definition) is 4. The third kappa shape index (κ3) is 5.06. The molecule has 2 aromatic heterocycles. The van der Waals surface area contributed by atoms with Crippen LogP contribution in [0.3, 0.4) is 0 Å². The second-order valence-corrected chi connectivity index (χ2v) is 5.67.